The first-order valence-electron chi connectivity index (χ1n) is 4.74. The van der Waals surface area contributed by atoms with E-state index in [0.29, 0.717) is 0 Å². The Kier molecular flexibility index (Phi) is 4.71. The first-order chi connectivity index (χ1) is 5.87. The molecule has 0 aromatic carbocycles. The van der Waals surface area contributed by atoms with Crippen molar-refractivity contribution in [3.63, 3.8) is 0 Å². The molecule has 0 heterocycles. The van der Waals surface area contributed by atoms with E-state index in [9.17, 15) is 0 Å². The summed E-state index contributed by atoms with van der Waals surface area (Å²) in [5.74, 6) is 0. The second-order valence-corrected chi connectivity index (χ2v) is 8.93. The molecule has 0 aromatic heterocycles. The summed E-state index contributed by atoms with van der Waals surface area (Å²) in [5, 5.41) is 0.122. The number of hydrogen-bond acceptors (Lipinski definition) is 2. The molecule has 0 aliphatic heterocycles. The van der Waals surface area contributed by atoms with Gasteiger partial charge in [0.25, 0.3) is 8.32 Å². The third-order valence-corrected chi connectivity index (χ3v) is 6.83. The fraction of sp³-hybridized carbons (Fsp3) is 0.800. The SMILES string of the molecule is C=CO[Si](C)(C)C(C)(C)COCC. The van der Waals surface area contributed by atoms with Crippen LogP contribution in [0.15, 0.2) is 12.8 Å². The van der Waals surface area contributed by atoms with E-state index in [1.54, 1.807) is 6.26 Å². The van der Waals surface area contributed by atoms with Crippen LogP contribution in [0.5, 0.6) is 0 Å². The summed E-state index contributed by atoms with van der Waals surface area (Å²) in [6.45, 7) is 15.9. The number of rotatable bonds is 6. The van der Waals surface area contributed by atoms with E-state index < -0.39 is 8.32 Å². The van der Waals surface area contributed by atoms with Crippen LogP contribution in [0.2, 0.25) is 18.1 Å². The minimum Gasteiger partial charge on any atom is -0.549 e. The van der Waals surface area contributed by atoms with Crippen molar-refractivity contribution in [2.45, 2.75) is 38.9 Å². The Balaban J connectivity index is 4.30. The largest absolute Gasteiger partial charge is 0.549 e. The second-order valence-electron chi connectivity index (χ2n) is 4.32. The predicted molar refractivity (Wildman–Crippen MR) is 59.3 cm³/mol. The molecule has 0 unspecified atom stereocenters. The van der Waals surface area contributed by atoms with Crippen molar-refractivity contribution in [3.8, 4) is 0 Å². The van der Waals surface area contributed by atoms with Crippen LogP contribution in [-0.2, 0) is 9.16 Å². The molecule has 0 saturated carbocycles. The molecule has 0 N–H and O–H groups in total. The lowest BCUT2D eigenvalue weighted by molar-refractivity contribution is 0.119. The van der Waals surface area contributed by atoms with Gasteiger partial charge in [0, 0.05) is 11.6 Å². The van der Waals surface area contributed by atoms with Crippen molar-refractivity contribution in [1.29, 1.82) is 0 Å². The molecular formula is C10H22O2Si. The number of ether oxygens (including phenoxy) is 1. The highest BCUT2D eigenvalue weighted by atomic mass is 28.4. The molecule has 13 heavy (non-hydrogen) atoms. The standard InChI is InChI=1S/C10H22O2Si/c1-7-11-9-10(3,4)13(5,6)12-8-2/h8H,2,7,9H2,1,3-6H3. The molecular weight excluding hydrogens is 180 g/mol. The highest BCUT2D eigenvalue weighted by molar-refractivity contribution is 6.74. The maximum atomic E-state index is 5.61. The maximum Gasteiger partial charge on any atom is 0.252 e. The zero-order chi connectivity index (χ0) is 10.5. The summed E-state index contributed by atoms with van der Waals surface area (Å²) in [4.78, 5) is 0. The predicted octanol–water partition coefficient (Wildman–Crippen LogP) is 3.17. The van der Waals surface area contributed by atoms with Crippen molar-refractivity contribution in [2.75, 3.05) is 13.2 Å². The van der Waals surface area contributed by atoms with Crippen LogP contribution in [0.1, 0.15) is 20.8 Å². The molecule has 0 rings (SSSR count). The van der Waals surface area contributed by atoms with E-state index in [1.807, 2.05) is 6.92 Å². The molecule has 3 heteroatoms. The zero-order valence-corrected chi connectivity index (χ0v) is 10.5. The Hall–Kier alpha value is -0.283. The van der Waals surface area contributed by atoms with Crippen LogP contribution >= 0.6 is 0 Å². The molecule has 0 fully saturated rings. The van der Waals surface area contributed by atoms with Crippen LogP contribution in [0.3, 0.4) is 0 Å². The lowest BCUT2D eigenvalue weighted by atomic mass is 10.2. The van der Waals surface area contributed by atoms with E-state index >= 15 is 0 Å². The zero-order valence-electron chi connectivity index (χ0n) is 9.52. The van der Waals surface area contributed by atoms with Crippen LogP contribution in [-0.4, -0.2) is 21.5 Å². The van der Waals surface area contributed by atoms with Crippen LogP contribution in [0.25, 0.3) is 0 Å². The molecule has 78 valence electrons. The van der Waals surface area contributed by atoms with Gasteiger partial charge in [0.1, 0.15) is 0 Å². The average Bonchev–Trinajstić information content (AvgIpc) is 2.00. The normalized spacial score (nSPS) is 12.7. The minimum atomic E-state index is -1.71. The maximum absolute atomic E-state index is 5.61. The van der Waals surface area contributed by atoms with Crippen molar-refractivity contribution in [2.24, 2.45) is 0 Å². The molecule has 0 aliphatic rings. The summed E-state index contributed by atoms with van der Waals surface area (Å²) in [7, 11) is -1.71. The molecule has 0 aliphatic carbocycles. The van der Waals surface area contributed by atoms with Gasteiger partial charge in [-0.2, -0.15) is 0 Å². The lowest BCUT2D eigenvalue weighted by Crippen LogP contribution is -2.43. The monoisotopic (exact) mass is 202 g/mol. The van der Waals surface area contributed by atoms with Crippen molar-refractivity contribution in [3.05, 3.63) is 12.8 Å². The molecule has 0 amide bonds. The molecule has 0 saturated heterocycles. The van der Waals surface area contributed by atoms with E-state index in [0.717, 1.165) is 13.2 Å². The Morgan fingerprint density at radius 3 is 2.31 bits per heavy atom. The van der Waals surface area contributed by atoms with Gasteiger partial charge >= 0.3 is 0 Å². The molecule has 0 spiro atoms. The van der Waals surface area contributed by atoms with Crippen LogP contribution < -0.4 is 0 Å². The first-order valence-corrected chi connectivity index (χ1v) is 7.64. The third-order valence-electron chi connectivity index (χ3n) is 2.67. The van der Waals surface area contributed by atoms with Crippen LogP contribution in [0, 0.1) is 0 Å². The fourth-order valence-electron chi connectivity index (χ4n) is 0.899. The molecule has 0 atom stereocenters. The summed E-state index contributed by atoms with van der Waals surface area (Å²) in [6.07, 6.45) is 1.56. The molecule has 0 aromatic rings. The van der Waals surface area contributed by atoms with Crippen molar-refractivity contribution < 1.29 is 9.16 Å². The Morgan fingerprint density at radius 1 is 1.38 bits per heavy atom. The smallest absolute Gasteiger partial charge is 0.252 e. The highest BCUT2D eigenvalue weighted by Crippen LogP contribution is 2.37. The molecule has 0 radical (unpaired) electrons. The van der Waals surface area contributed by atoms with E-state index in [-0.39, 0.29) is 5.04 Å². The average molecular weight is 202 g/mol. The molecule has 2 nitrogen and oxygen atoms in total. The second kappa shape index (κ2) is 4.82. The Bertz CT molecular complexity index is 164. The first kappa shape index (κ1) is 12.7. The Morgan fingerprint density at radius 2 is 1.92 bits per heavy atom. The summed E-state index contributed by atoms with van der Waals surface area (Å²) >= 11 is 0. The van der Waals surface area contributed by atoms with Gasteiger partial charge in [-0.15, -0.1) is 0 Å². The van der Waals surface area contributed by atoms with Gasteiger partial charge in [0.05, 0.1) is 12.9 Å². The van der Waals surface area contributed by atoms with Gasteiger partial charge in [-0.25, -0.2) is 0 Å². The Labute approximate surface area is 83.1 Å². The van der Waals surface area contributed by atoms with Crippen molar-refractivity contribution >= 4 is 8.32 Å². The fourth-order valence-corrected chi connectivity index (χ4v) is 2.08. The highest BCUT2D eigenvalue weighted by Gasteiger charge is 2.42. The topological polar surface area (TPSA) is 18.5 Å². The third kappa shape index (κ3) is 3.52. The summed E-state index contributed by atoms with van der Waals surface area (Å²) in [5.41, 5.74) is 0. The van der Waals surface area contributed by atoms with Gasteiger partial charge in [-0.1, -0.05) is 20.4 Å². The van der Waals surface area contributed by atoms with Crippen LogP contribution in [0.4, 0.5) is 0 Å². The minimum absolute atomic E-state index is 0.122. The summed E-state index contributed by atoms with van der Waals surface area (Å²) < 4.78 is 11.1. The van der Waals surface area contributed by atoms with Gasteiger partial charge in [-0.3, -0.25) is 0 Å². The summed E-state index contributed by atoms with van der Waals surface area (Å²) in [6, 6.07) is 0. The van der Waals surface area contributed by atoms with E-state index in [4.69, 9.17) is 9.16 Å². The van der Waals surface area contributed by atoms with Gasteiger partial charge in [0.15, 0.2) is 0 Å². The number of hydrogen-bond donors (Lipinski definition) is 0. The molecule has 0 bridgehead atoms. The van der Waals surface area contributed by atoms with E-state index in [2.05, 4.69) is 33.5 Å². The van der Waals surface area contributed by atoms with Gasteiger partial charge in [0.2, 0.25) is 0 Å². The van der Waals surface area contributed by atoms with Gasteiger partial charge < -0.3 is 9.16 Å². The van der Waals surface area contributed by atoms with Gasteiger partial charge in [-0.05, 0) is 20.0 Å². The lowest BCUT2D eigenvalue weighted by Gasteiger charge is -2.37. The van der Waals surface area contributed by atoms with Crippen molar-refractivity contribution in [1.82, 2.24) is 0 Å². The van der Waals surface area contributed by atoms with E-state index in [1.165, 1.54) is 0 Å². The quantitative estimate of drug-likeness (QED) is 0.486.